The van der Waals surface area contributed by atoms with E-state index in [9.17, 15) is 9.59 Å². The van der Waals surface area contributed by atoms with Crippen LogP contribution in [-0.4, -0.2) is 60.4 Å². The quantitative estimate of drug-likeness (QED) is 0.389. The summed E-state index contributed by atoms with van der Waals surface area (Å²) in [5.41, 5.74) is 0. The monoisotopic (exact) mass is 235 g/mol. The highest BCUT2D eigenvalue weighted by Gasteiger charge is 2.39. The fourth-order valence-electron chi connectivity index (χ4n) is 2.35. The van der Waals surface area contributed by atoms with E-state index in [1.807, 2.05) is 0 Å². The van der Waals surface area contributed by atoms with Crippen molar-refractivity contribution in [3.63, 3.8) is 0 Å². The Kier molecular flexibility index (Phi) is 3.64. The van der Waals surface area contributed by atoms with Gasteiger partial charge < -0.3 is 15.1 Å². The van der Waals surface area contributed by atoms with Crippen LogP contribution in [0.3, 0.4) is 0 Å². The van der Waals surface area contributed by atoms with E-state index in [1.165, 1.54) is 0 Å². The van der Waals surface area contributed by atoms with Gasteiger partial charge in [0.2, 0.25) is 0 Å². The molecule has 2 amide bonds. The number of nitrogens with zero attached hydrogens (tertiary/aromatic N) is 2. The predicted molar refractivity (Wildman–Crippen MR) is 63.0 cm³/mol. The summed E-state index contributed by atoms with van der Waals surface area (Å²) in [5.74, 6) is 1.81. The lowest BCUT2D eigenvalue weighted by atomic mass is 10.1. The maximum absolute atomic E-state index is 11.9. The number of piperazine rings is 2. The van der Waals surface area contributed by atoms with Crippen molar-refractivity contribution >= 4 is 11.8 Å². The summed E-state index contributed by atoms with van der Waals surface area (Å²) in [5, 5.41) is 3.24. The van der Waals surface area contributed by atoms with Gasteiger partial charge in [-0.25, -0.2) is 0 Å². The van der Waals surface area contributed by atoms with Gasteiger partial charge in [0.05, 0.1) is 6.04 Å². The Balaban J connectivity index is 1.98. The fraction of sp³-hybridized carbons (Fsp3) is 0.667. The van der Waals surface area contributed by atoms with E-state index < -0.39 is 0 Å². The van der Waals surface area contributed by atoms with Crippen LogP contribution < -0.4 is 5.32 Å². The number of hydrogen-bond acceptors (Lipinski definition) is 3. The van der Waals surface area contributed by atoms with Gasteiger partial charge in [-0.15, -0.1) is 12.3 Å². The molecule has 0 aromatic carbocycles. The highest BCUT2D eigenvalue weighted by atomic mass is 16.2. The lowest BCUT2D eigenvalue weighted by Crippen LogP contribution is -2.65. The normalized spacial score (nSPS) is 24.5. The zero-order chi connectivity index (χ0) is 12.3. The average molecular weight is 235 g/mol. The van der Waals surface area contributed by atoms with Crippen molar-refractivity contribution < 1.29 is 9.59 Å². The second kappa shape index (κ2) is 5.19. The van der Waals surface area contributed by atoms with Crippen molar-refractivity contribution in [3.8, 4) is 12.3 Å². The molecule has 1 N–H and O–H groups in total. The van der Waals surface area contributed by atoms with E-state index >= 15 is 0 Å². The summed E-state index contributed by atoms with van der Waals surface area (Å²) >= 11 is 0. The highest BCUT2D eigenvalue weighted by Crippen LogP contribution is 2.14. The van der Waals surface area contributed by atoms with Gasteiger partial charge in [-0.3, -0.25) is 9.59 Å². The van der Waals surface area contributed by atoms with Gasteiger partial charge in [-0.05, 0) is 6.42 Å². The Bertz CT molecular complexity index is 361. The SMILES string of the molecule is C#CCCCN1CC2CNCCN2C(=O)C1=O. The molecule has 0 spiro atoms. The zero-order valence-corrected chi connectivity index (χ0v) is 9.82. The summed E-state index contributed by atoms with van der Waals surface area (Å²) in [6, 6.07) is 0.125. The highest BCUT2D eigenvalue weighted by molar-refractivity contribution is 6.35. The number of carbonyl (C=O) groups excluding carboxylic acids is 2. The molecule has 0 saturated carbocycles. The van der Waals surface area contributed by atoms with Crippen molar-refractivity contribution in [1.29, 1.82) is 0 Å². The summed E-state index contributed by atoms with van der Waals surface area (Å²) in [4.78, 5) is 27.0. The fourth-order valence-corrected chi connectivity index (χ4v) is 2.35. The molecule has 0 radical (unpaired) electrons. The van der Waals surface area contributed by atoms with E-state index in [0.29, 0.717) is 26.1 Å². The summed E-state index contributed by atoms with van der Waals surface area (Å²) < 4.78 is 0. The summed E-state index contributed by atoms with van der Waals surface area (Å²) in [6.45, 7) is 3.38. The maximum atomic E-state index is 11.9. The molecule has 5 heteroatoms. The lowest BCUT2D eigenvalue weighted by molar-refractivity contribution is -0.159. The Labute approximate surface area is 101 Å². The average Bonchev–Trinajstić information content (AvgIpc) is 2.35. The number of rotatable bonds is 3. The van der Waals surface area contributed by atoms with Gasteiger partial charge in [0, 0.05) is 39.1 Å². The van der Waals surface area contributed by atoms with Crippen LogP contribution in [0.4, 0.5) is 0 Å². The standard InChI is InChI=1S/C12H17N3O2/c1-2-3-4-6-14-9-10-8-13-5-7-15(10)12(17)11(14)16/h1,10,13H,3-9H2. The first-order valence-corrected chi connectivity index (χ1v) is 5.98. The lowest BCUT2D eigenvalue weighted by Gasteiger charge is -2.43. The van der Waals surface area contributed by atoms with Crippen molar-refractivity contribution in [2.45, 2.75) is 18.9 Å². The molecule has 0 aliphatic carbocycles. The van der Waals surface area contributed by atoms with Crippen LogP contribution in [0.25, 0.3) is 0 Å². The molecule has 2 heterocycles. The van der Waals surface area contributed by atoms with Crippen molar-refractivity contribution in [2.24, 2.45) is 0 Å². The number of unbranched alkanes of at least 4 members (excludes halogenated alkanes) is 1. The third-order valence-corrected chi connectivity index (χ3v) is 3.26. The summed E-state index contributed by atoms with van der Waals surface area (Å²) in [6.07, 6.45) is 6.58. The van der Waals surface area contributed by atoms with Crippen molar-refractivity contribution in [1.82, 2.24) is 15.1 Å². The smallest absolute Gasteiger partial charge is 0.312 e. The van der Waals surface area contributed by atoms with Crippen molar-refractivity contribution in [3.05, 3.63) is 0 Å². The van der Waals surface area contributed by atoms with Crippen LogP contribution in [-0.2, 0) is 9.59 Å². The first-order chi connectivity index (χ1) is 8.24. The molecular formula is C12H17N3O2. The van der Waals surface area contributed by atoms with Crippen LogP contribution in [0.2, 0.25) is 0 Å². The topological polar surface area (TPSA) is 52.6 Å². The van der Waals surface area contributed by atoms with Crippen LogP contribution >= 0.6 is 0 Å². The van der Waals surface area contributed by atoms with Gasteiger partial charge >= 0.3 is 11.8 Å². The van der Waals surface area contributed by atoms with E-state index in [-0.39, 0.29) is 17.9 Å². The zero-order valence-electron chi connectivity index (χ0n) is 9.82. The number of terminal acetylenes is 1. The molecule has 5 nitrogen and oxygen atoms in total. The molecule has 0 aromatic rings. The number of nitrogens with one attached hydrogen (secondary N) is 1. The van der Waals surface area contributed by atoms with Gasteiger partial charge in [-0.2, -0.15) is 0 Å². The van der Waals surface area contributed by atoms with Gasteiger partial charge in [0.15, 0.2) is 0 Å². The number of hydrogen-bond donors (Lipinski definition) is 1. The molecular weight excluding hydrogens is 218 g/mol. The second-order valence-corrected chi connectivity index (χ2v) is 4.42. The van der Waals surface area contributed by atoms with E-state index in [2.05, 4.69) is 11.2 Å². The number of amides is 2. The van der Waals surface area contributed by atoms with E-state index in [4.69, 9.17) is 6.42 Å². The third-order valence-electron chi connectivity index (χ3n) is 3.26. The molecule has 2 aliphatic rings. The van der Waals surface area contributed by atoms with Gasteiger partial charge in [0.1, 0.15) is 0 Å². The molecule has 0 aromatic heterocycles. The van der Waals surface area contributed by atoms with E-state index in [1.54, 1.807) is 9.80 Å². The minimum atomic E-state index is -0.375. The molecule has 92 valence electrons. The molecule has 2 aliphatic heterocycles. The first-order valence-electron chi connectivity index (χ1n) is 5.98. The van der Waals surface area contributed by atoms with Gasteiger partial charge in [-0.1, -0.05) is 0 Å². The Morgan fingerprint density at radius 1 is 1.41 bits per heavy atom. The molecule has 1 unspecified atom stereocenters. The second-order valence-electron chi connectivity index (χ2n) is 4.42. The Morgan fingerprint density at radius 3 is 3.00 bits per heavy atom. The molecule has 2 saturated heterocycles. The summed E-state index contributed by atoms with van der Waals surface area (Å²) in [7, 11) is 0. The number of fused-ring (bicyclic) bond motifs is 1. The van der Waals surface area contributed by atoms with Crippen LogP contribution in [0, 0.1) is 12.3 Å². The minimum Gasteiger partial charge on any atom is -0.332 e. The number of carbonyl (C=O) groups is 2. The third kappa shape index (κ3) is 2.42. The Hall–Kier alpha value is -1.54. The molecule has 2 rings (SSSR count). The van der Waals surface area contributed by atoms with Crippen LogP contribution in [0.15, 0.2) is 0 Å². The van der Waals surface area contributed by atoms with Gasteiger partial charge in [0.25, 0.3) is 0 Å². The van der Waals surface area contributed by atoms with Crippen LogP contribution in [0.1, 0.15) is 12.8 Å². The minimum absolute atomic E-state index is 0.125. The molecule has 17 heavy (non-hydrogen) atoms. The van der Waals surface area contributed by atoms with E-state index in [0.717, 1.165) is 19.5 Å². The molecule has 0 bridgehead atoms. The molecule has 1 atom stereocenters. The van der Waals surface area contributed by atoms with Crippen LogP contribution in [0.5, 0.6) is 0 Å². The largest absolute Gasteiger partial charge is 0.332 e. The molecule has 2 fully saturated rings. The maximum Gasteiger partial charge on any atom is 0.312 e. The Morgan fingerprint density at radius 2 is 2.24 bits per heavy atom. The predicted octanol–water partition coefficient (Wildman–Crippen LogP) is -0.958. The first kappa shape index (κ1) is 11.9. The van der Waals surface area contributed by atoms with Crippen molar-refractivity contribution in [2.75, 3.05) is 32.7 Å².